The molecule has 0 unspecified atom stereocenters. The van der Waals surface area contributed by atoms with Crippen LogP contribution in [0.4, 0.5) is 0 Å². The van der Waals surface area contributed by atoms with Crippen LogP contribution in [0.3, 0.4) is 0 Å². The highest BCUT2D eigenvalue weighted by Gasteiger charge is 2.67. The van der Waals surface area contributed by atoms with Crippen molar-refractivity contribution in [3.05, 3.63) is 35.9 Å². The summed E-state index contributed by atoms with van der Waals surface area (Å²) in [6.07, 6.45) is 6.99. The van der Waals surface area contributed by atoms with E-state index in [1.54, 1.807) is 32.4 Å². The third kappa shape index (κ3) is 2.01. The number of amides is 2. The van der Waals surface area contributed by atoms with Crippen LogP contribution >= 0.6 is 0 Å². The van der Waals surface area contributed by atoms with Gasteiger partial charge in [-0.1, -0.05) is 12.2 Å². The van der Waals surface area contributed by atoms with Crippen LogP contribution in [0, 0.1) is 35.5 Å². The zero-order valence-electron chi connectivity index (χ0n) is 14.7. The van der Waals surface area contributed by atoms with Crippen molar-refractivity contribution in [2.45, 2.75) is 6.42 Å². The van der Waals surface area contributed by atoms with Gasteiger partial charge in [0.1, 0.15) is 11.5 Å². The molecule has 3 fully saturated rings. The van der Waals surface area contributed by atoms with Crippen LogP contribution in [0.25, 0.3) is 0 Å². The SMILES string of the molecule is COc1ccc(/C=N\N2C(=O)[C@@H]3[C@H]4C=C[C@@H]([C@@H]5C[C@@H]45)[C@@H]3C2=O)c(OC)c1. The molecule has 5 aliphatic rings. The molecule has 0 radical (unpaired) electrons. The van der Waals surface area contributed by atoms with Gasteiger partial charge in [-0.25, -0.2) is 0 Å². The molecule has 134 valence electrons. The maximum absolute atomic E-state index is 12.9. The summed E-state index contributed by atoms with van der Waals surface area (Å²) < 4.78 is 10.5. The van der Waals surface area contributed by atoms with Gasteiger partial charge < -0.3 is 9.47 Å². The van der Waals surface area contributed by atoms with Gasteiger partial charge in [-0.2, -0.15) is 10.1 Å². The third-order valence-electron chi connectivity index (χ3n) is 6.39. The predicted octanol–water partition coefficient (Wildman–Crippen LogP) is 2.09. The molecule has 1 saturated heterocycles. The topological polar surface area (TPSA) is 68.2 Å². The van der Waals surface area contributed by atoms with E-state index in [9.17, 15) is 9.59 Å². The number of hydrogen-bond acceptors (Lipinski definition) is 5. The molecule has 6 atom stereocenters. The first-order valence-electron chi connectivity index (χ1n) is 8.96. The lowest BCUT2D eigenvalue weighted by atomic mass is 9.63. The fourth-order valence-corrected chi connectivity index (χ4v) is 5.10. The Morgan fingerprint density at radius 3 is 2.27 bits per heavy atom. The Morgan fingerprint density at radius 1 is 1.04 bits per heavy atom. The van der Waals surface area contributed by atoms with E-state index in [-0.39, 0.29) is 35.5 Å². The number of benzene rings is 1. The number of ether oxygens (including phenoxy) is 2. The molecule has 0 aromatic heterocycles. The molecule has 2 saturated carbocycles. The van der Waals surface area contributed by atoms with Crippen LogP contribution in [-0.4, -0.2) is 37.3 Å². The monoisotopic (exact) mass is 352 g/mol. The molecule has 1 aromatic carbocycles. The lowest BCUT2D eigenvalue weighted by Crippen LogP contribution is -2.40. The quantitative estimate of drug-likeness (QED) is 0.473. The molecule has 2 bridgehead atoms. The first-order valence-corrected chi connectivity index (χ1v) is 8.96. The molecule has 2 amide bonds. The smallest absolute Gasteiger partial charge is 0.254 e. The molecule has 1 aliphatic heterocycles. The highest BCUT2D eigenvalue weighted by atomic mass is 16.5. The fourth-order valence-electron chi connectivity index (χ4n) is 5.10. The first-order chi connectivity index (χ1) is 12.6. The van der Waals surface area contributed by atoms with Gasteiger partial charge in [-0.15, -0.1) is 0 Å². The highest BCUT2D eigenvalue weighted by molar-refractivity contribution is 6.06. The zero-order chi connectivity index (χ0) is 18.0. The summed E-state index contributed by atoms with van der Waals surface area (Å²) in [4.78, 5) is 25.8. The number of rotatable bonds is 4. The number of hydrogen-bond donors (Lipinski definition) is 0. The van der Waals surface area contributed by atoms with Crippen molar-refractivity contribution in [1.82, 2.24) is 5.01 Å². The van der Waals surface area contributed by atoms with Gasteiger partial charge in [-0.3, -0.25) is 9.59 Å². The Bertz CT molecular complexity index is 825. The Kier molecular flexibility index (Phi) is 3.26. The van der Waals surface area contributed by atoms with Gasteiger partial charge in [0, 0.05) is 11.6 Å². The Balaban J connectivity index is 1.43. The van der Waals surface area contributed by atoms with Crippen LogP contribution in [-0.2, 0) is 9.59 Å². The first kappa shape index (κ1) is 15.6. The van der Waals surface area contributed by atoms with Crippen molar-refractivity contribution in [3.63, 3.8) is 0 Å². The van der Waals surface area contributed by atoms with E-state index < -0.39 is 0 Å². The Labute approximate surface area is 151 Å². The molecule has 6 rings (SSSR count). The number of nitrogens with zero attached hydrogens (tertiary/aromatic N) is 2. The molecule has 6 heteroatoms. The summed E-state index contributed by atoms with van der Waals surface area (Å²) in [6.45, 7) is 0. The van der Waals surface area contributed by atoms with Crippen molar-refractivity contribution >= 4 is 18.0 Å². The van der Waals surface area contributed by atoms with Crippen LogP contribution in [0.2, 0.25) is 0 Å². The maximum Gasteiger partial charge on any atom is 0.254 e. The number of imide groups is 1. The van der Waals surface area contributed by atoms with E-state index in [1.807, 2.05) is 0 Å². The second-order valence-corrected chi connectivity index (χ2v) is 7.50. The van der Waals surface area contributed by atoms with E-state index in [1.165, 1.54) is 6.21 Å². The lowest BCUT2D eigenvalue weighted by Gasteiger charge is -2.37. The largest absolute Gasteiger partial charge is 0.497 e. The minimum Gasteiger partial charge on any atom is -0.497 e. The van der Waals surface area contributed by atoms with E-state index in [4.69, 9.17) is 9.47 Å². The molecule has 0 N–H and O–H groups in total. The number of carbonyl (C=O) groups excluding carboxylic acids is 2. The average Bonchev–Trinajstić information content (AvgIpc) is 3.45. The summed E-state index contributed by atoms with van der Waals surface area (Å²) in [6, 6.07) is 5.32. The zero-order valence-corrected chi connectivity index (χ0v) is 14.7. The standard InChI is InChI=1S/C20H20N2O4/c1-25-11-4-3-10(16(7-11)26-2)9-21-22-19(23)17-12-5-6-13(15-8-14(12)15)18(17)20(22)24/h3-7,9,12-15,17-18H,8H2,1-2H3/b21-9-/t12-,13-,14-,15-,17-,18+/m0/s1. The van der Waals surface area contributed by atoms with E-state index in [0.29, 0.717) is 28.9 Å². The molecule has 0 spiro atoms. The molecule has 1 heterocycles. The second kappa shape index (κ2) is 5.43. The van der Waals surface area contributed by atoms with Gasteiger partial charge in [0.25, 0.3) is 11.8 Å². The van der Waals surface area contributed by atoms with Crippen molar-refractivity contribution in [2.75, 3.05) is 14.2 Å². The third-order valence-corrected chi connectivity index (χ3v) is 6.39. The normalized spacial score (nSPS) is 36.5. The lowest BCUT2D eigenvalue weighted by molar-refractivity contribution is -0.140. The average molecular weight is 352 g/mol. The van der Waals surface area contributed by atoms with Crippen molar-refractivity contribution in [2.24, 2.45) is 40.6 Å². The predicted molar refractivity (Wildman–Crippen MR) is 93.7 cm³/mol. The minimum atomic E-state index is -0.226. The molecule has 4 aliphatic carbocycles. The second-order valence-electron chi connectivity index (χ2n) is 7.50. The van der Waals surface area contributed by atoms with Crippen molar-refractivity contribution in [3.8, 4) is 11.5 Å². The minimum absolute atomic E-state index is 0.159. The van der Waals surface area contributed by atoms with Gasteiger partial charge in [-0.05, 0) is 42.2 Å². The molecule has 6 nitrogen and oxygen atoms in total. The summed E-state index contributed by atoms with van der Waals surface area (Å²) >= 11 is 0. The van der Waals surface area contributed by atoms with Crippen LogP contribution in [0.15, 0.2) is 35.5 Å². The summed E-state index contributed by atoms with van der Waals surface area (Å²) in [5, 5.41) is 5.32. The number of carbonyl (C=O) groups is 2. The summed E-state index contributed by atoms with van der Waals surface area (Å²) in [7, 11) is 3.14. The maximum atomic E-state index is 12.9. The van der Waals surface area contributed by atoms with Crippen LogP contribution < -0.4 is 9.47 Å². The van der Waals surface area contributed by atoms with E-state index in [0.717, 1.165) is 11.4 Å². The number of methoxy groups -OCH3 is 2. The van der Waals surface area contributed by atoms with Gasteiger partial charge in [0.05, 0.1) is 32.3 Å². The summed E-state index contributed by atoms with van der Waals surface area (Å²) in [5.74, 6) is 2.08. The highest BCUT2D eigenvalue weighted by Crippen LogP contribution is 2.65. The molecule has 26 heavy (non-hydrogen) atoms. The van der Waals surface area contributed by atoms with Crippen molar-refractivity contribution < 1.29 is 19.1 Å². The molecular weight excluding hydrogens is 332 g/mol. The Hall–Kier alpha value is -2.63. The molecule has 1 aromatic rings. The van der Waals surface area contributed by atoms with E-state index >= 15 is 0 Å². The van der Waals surface area contributed by atoms with Gasteiger partial charge >= 0.3 is 0 Å². The van der Waals surface area contributed by atoms with E-state index in [2.05, 4.69) is 17.3 Å². The fraction of sp³-hybridized carbons (Fsp3) is 0.450. The Morgan fingerprint density at radius 2 is 1.69 bits per heavy atom. The number of allylic oxidation sites excluding steroid dienone is 2. The summed E-state index contributed by atoms with van der Waals surface area (Å²) in [5.41, 5.74) is 0.688. The van der Waals surface area contributed by atoms with Crippen LogP contribution in [0.5, 0.6) is 11.5 Å². The van der Waals surface area contributed by atoms with Crippen molar-refractivity contribution in [1.29, 1.82) is 0 Å². The van der Waals surface area contributed by atoms with Gasteiger partial charge in [0.15, 0.2) is 0 Å². The van der Waals surface area contributed by atoms with Gasteiger partial charge in [0.2, 0.25) is 0 Å². The number of hydrazone groups is 1. The van der Waals surface area contributed by atoms with Crippen LogP contribution in [0.1, 0.15) is 12.0 Å². The molecular formula is C20H20N2O4.